The molecule has 3 nitrogen and oxygen atoms in total. The normalized spacial score (nSPS) is 13.2. The summed E-state index contributed by atoms with van der Waals surface area (Å²) in [5.74, 6) is 0. The molecule has 1 radical (unpaired) electrons. The molecule has 5 heteroatoms. The van der Waals surface area contributed by atoms with E-state index in [1.807, 2.05) is 112 Å². The summed E-state index contributed by atoms with van der Waals surface area (Å²) >= 11 is 0. The minimum atomic E-state index is -2.19. The first-order valence-electron chi connectivity index (χ1n) is 22.5. The van der Waals surface area contributed by atoms with E-state index in [1.54, 1.807) is 18.3 Å². The zero-order chi connectivity index (χ0) is 45.4. The maximum atomic E-state index is 8.76. The van der Waals surface area contributed by atoms with Crippen molar-refractivity contribution < 1.29 is 31.4 Å². The zero-order valence-electron chi connectivity index (χ0n) is 39.7. The van der Waals surface area contributed by atoms with Gasteiger partial charge in [0.25, 0.3) is 0 Å². The van der Waals surface area contributed by atoms with Gasteiger partial charge in [0.2, 0.25) is 0 Å². The summed E-state index contributed by atoms with van der Waals surface area (Å²) in [6.45, 7) is 10.4. The number of benzene rings is 6. The van der Waals surface area contributed by atoms with Crippen LogP contribution in [0, 0.1) is 24.4 Å². The van der Waals surface area contributed by atoms with E-state index in [4.69, 9.17) is 11.3 Å². The van der Waals surface area contributed by atoms with Crippen LogP contribution in [0.1, 0.15) is 38.8 Å². The number of fused-ring (bicyclic) bond motifs is 3. The largest absolute Gasteiger partial charge is 0.500 e. The first-order chi connectivity index (χ1) is 30.4. The molecule has 0 aliphatic heterocycles. The van der Waals surface area contributed by atoms with E-state index in [0.717, 1.165) is 61.0 Å². The second-order valence-corrected chi connectivity index (χ2v) is 21.9. The summed E-state index contributed by atoms with van der Waals surface area (Å²) in [5, 5.41) is 3.30. The van der Waals surface area contributed by atoms with Gasteiger partial charge in [-0.15, -0.1) is 47.5 Å². The van der Waals surface area contributed by atoms with Crippen molar-refractivity contribution in [3.8, 4) is 55.9 Å². The molecular weight excluding hydrogens is 925 g/mol. The number of aryl methyl sites for hydroxylation is 1. The Labute approximate surface area is 377 Å². The van der Waals surface area contributed by atoms with Gasteiger partial charge in [-0.3, -0.25) is 0 Å². The summed E-state index contributed by atoms with van der Waals surface area (Å²) in [4.78, 5) is 9.22. The second-order valence-electron chi connectivity index (χ2n) is 16.9. The van der Waals surface area contributed by atoms with Gasteiger partial charge in [0.05, 0.1) is 13.7 Å². The SMILES string of the molecule is [2H]C([2H])([2H])c1c[c-]c(-c2ccc([Si](C)(C)C)cn2)cc1-c1ccccc1.[2H]C([2H])(c1ccnc(-c2[c-]ccc3c2oc2c(-c4ccccc4)cc(-c4ccccc4)cc23)c1)C(C)(C)C.[Ir]. The van der Waals surface area contributed by atoms with Crippen molar-refractivity contribution in [3.05, 3.63) is 187 Å². The molecule has 6 aromatic carbocycles. The molecule has 0 spiro atoms. The molecule has 60 heavy (non-hydrogen) atoms. The van der Waals surface area contributed by atoms with E-state index >= 15 is 0 Å². The summed E-state index contributed by atoms with van der Waals surface area (Å²) in [5.41, 5.74) is 10.8. The van der Waals surface area contributed by atoms with Gasteiger partial charge in [0.15, 0.2) is 0 Å². The number of nitrogens with zero attached hydrogens (tertiary/aromatic N) is 2. The Bertz CT molecular complexity index is 3070. The molecular formula is C55H50IrN2OSi-2. The van der Waals surface area contributed by atoms with Crippen molar-refractivity contribution in [2.45, 2.75) is 53.6 Å². The number of hydrogen-bond donors (Lipinski definition) is 0. The number of furan rings is 1. The molecule has 0 aliphatic rings. The van der Waals surface area contributed by atoms with Crippen molar-refractivity contribution in [1.29, 1.82) is 0 Å². The predicted molar refractivity (Wildman–Crippen MR) is 251 cm³/mol. The van der Waals surface area contributed by atoms with Crippen LogP contribution >= 0.6 is 0 Å². The predicted octanol–water partition coefficient (Wildman–Crippen LogP) is 14.4. The minimum absolute atomic E-state index is 0. The quantitative estimate of drug-likeness (QED) is 0.118. The zero-order valence-corrected chi connectivity index (χ0v) is 38.1. The Kier molecular flexibility index (Phi) is 10.8. The van der Waals surface area contributed by atoms with Crippen LogP contribution in [0.2, 0.25) is 19.6 Å². The van der Waals surface area contributed by atoms with Gasteiger partial charge in [-0.25, -0.2) is 0 Å². The number of hydrogen-bond acceptors (Lipinski definition) is 3. The van der Waals surface area contributed by atoms with Crippen molar-refractivity contribution in [3.63, 3.8) is 0 Å². The van der Waals surface area contributed by atoms with Crippen LogP contribution in [0.3, 0.4) is 0 Å². The van der Waals surface area contributed by atoms with Gasteiger partial charge in [0, 0.05) is 50.3 Å². The van der Waals surface area contributed by atoms with Crippen molar-refractivity contribution in [2.24, 2.45) is 5.41 Å². The molecule has 9 aromatic rings. The van der Waals surface area contributed by atoms with Crippen molar-refractivity contribution in [1.82, 2.24) is 9.97 Å². The van der Waals surface area contributed by atoms with E-state index in [9.17, 15) is 0 Å². The maximum Gasteiger partial charge on any atom is 0.128 e. The summed E-state index contributed by atoms with van der Waals surface area (Å²) < 4.78 is 47.7. The minimum Gasteiger partial charge on any atom is -0.500 e. The Morgan fingerprint density at radius 3 is 1.93 bits per heavy atom. The monoisotopic (exact) mass is 980 g/mol. The Hall–Kier alpha value is -5.71. The third kappa shape index (κ3) is 9.51. The second kappa shape index (κ2) is 17.9. The summed E-state index contributed by atoms with van der Waals surface area (Å²) in [6.07, 6.45) is 2.08. The fraction of sp³-hybridized carbons (Fsp3) is 0.164. The Morgan fingerprint density at radius 2 is 1.32 bits per heavy atom. The van der Waals surface area contributed by atoms with E-state index in [-0.39, 0.29) is 20.1 Å². The maximum absolute atomic E-state index is 8.76. The fourth-order valence-electron chi connectivity index (χ4n) is 7.23. The van der Waals surface area contributed by atoms with E-state index in [1.165, 1.54) is 5.19 Å². The van der Waals surface area contributed by atoms with Crippen LogP contribution in [0.4, 0.5) is 0 Å². The van der Waals surface area contributed by atoms with Crippen LogP contribution in [-0.2, 0) is 26.5 Å². The molecule has 0 unspecified atom stereocenters. The topological polar surface area (TPSA) is 38.9 Å². The van der Waals surface area contributed by atoms with Gasteiger partial charge in [-0.1, -0.05) is 179 Å². The average Bonchev–Trinajstić information content (AvgIpc) is 3.68. The molecule has 0 atom stereocenters. The molecule has 0 aliphatic carbocycles. The first-order valence-corrected chi connectivity index (χ1v) is 23.5. The Morgan fingerprint density at radius 1 is 0.650 bits per heavy atom. The van der Waals surface area contributed by atoms with Crippen molar-refractivity contribution >= 4 is 35.2 Å². The third-order valence-corrected chi connectivity index (χ3v) is 12.2. The number of rotatable bonds is 7. The molecule has 3 heterocycles. The van der Waals surface area contributed by atoms with Gasteiger partial charge in [-0.2, -0.15) is 0 Å². The molecule has 3 aromatic heterocycles. The van der Waals surface area contributed by atoms with E-state index < -0.39 is 26.7 Å². The molecule has 0 bridgehead atoms. The van der Waals surface area contributed by atoms with Crippen LogP contribution < -0.4 is 5.19 Å². The van der Waals surface area contributed by atoms with Gasteiger partial charge in [0.1, 0.15) is 5.58 Å². The Balaban J connectivity index is 0.000000205. The van der Waals surface area contributed by atoms with Crippen LogP contribution in [0.25, 0.3) is 77.8 Å². The van der Waals surface area contributed by atoms with Gasteiger partial charge < -0.3 is 14.4 Å². The van der Waals surface area contributed by atoms with Crippen LogP contribution in [0.5, 0.6) is 0 Å². The van der Waals surface area contributed by atoms with Gasteiger partial charge >= 0.3 is 0 Å². The third-order valence-electron chi connectivity index (χ3n) is 10.2. The van der Waals surface area contributed by atoms with Crippen LogP contribution in [0.15, 0.2) is 168 Å². The fourth-order valence-corrected chi connectivity index (χ4v) is 8.27. The standard InChI is InChI=1S/C34H28NO.C21H22NSi.Ir/c1-34(2,3)22-23-17-18-35-31(19-23)28-16-10-15-27-30-21-26(24-11-6-4-7-12-24)20-29(33(30)36-32(27)28)25-13-8-5-9-14-25;1-16-10-11-18(14-20(16)17-8-6-5-7-9-17)21-13-12-19(15-22-21)23(2,3)4;/h4-15,17-21H,22H2,1-3H3;5-10,12-15H,1-4H3;/q2*-1;/i22D2;1D3;. The molecule has 0 fully saturated rings. The first kappa shape index (κ1) is 36.2. The van der Waals surface area contributed by atoms with E-state index in [2.05, 4.69) is 96.3 Å². The van der Waals surface area contributed by atoms with E-state index in [0.29, 0.717) is 28.0 Å². The molecule has 301 valence electrons. The molecule has 0 amide bonds. The summed E-state index contributed by atoms with van der Waals surface area (Å²) in [7, 11) is -1.40. The number of pyridine rings is 2. The smallest absolute Gasteiger partial charge is 0.128 e. The molecule has 0 saturated carbocycles. The van der Waals surface area contributed by atoms with Crippen LogP contribution in [-0.4, -0.2) is 18.0 Å². The molecule has 0 saturated heterocycles. The average molecular weight is 980 g/mol. The molecule has 0 N–H and O–H groups in total. The summed E-state index contributed by atoms with van der Waals surface area (Å²) in [6, 6.07) is 56.2. The molecule has 9 rings (SSSR count). The number of aromatic nitrogens is 2. The van der Waals surface area contributed by atoms with Crippen molar-refractivity contribution in [2.75, 3.05) is 0 Å². The van der Waals surface area contributed by atoms with Gasteiger partial charge in [-0.05, 0) is 68.8 Å².